The third-order valence-electron chi connectivity index (χ3n) is 0.129. The molecule has 0 aliphatic rings. The van der Waals surface area contributed by atoms with E-state index in [1.807, 2.05) is 0 Å². The maximum atomic E-state index is 8.66. The Labute approximate surface area is 68.8 Å². The first-order chi connectivity index (χ1) is 3.91. The molecule has 0 saturated carbocycles. The molecule has 0 unspecified atom stereocenters. The average molecular weight is 213 g/mol. The molecular weight excluding hydrogens is 205 g/mol. The molecule has 0 bridgehead atoms. The van der Waals surface area contributed by atoms with Gasteiger partial charge in [-0.15, -0.1) is 0 Å². The zero-order chi connectivity index (χ0) is 7.91. The van der Waals surface area contributed by atoms with Crippen molar-refractivity contribution in [3.05, 3.63) is 0 Å². The van der Waals surface area contributed by atoms with E-state index in [4.69, 9.17) is 30.1 Å². The predicted molar refractivity (Wildman–Crippen MR) is 26.0 cm³/mol. The van der Waals surface area contributed by atoms with Crippen LogP contribution in [-0.4, -0.2) is 23.2 Å². The molecule has 0 atom stereocenters. The summed E-state index contributed by atoms with van der Waals surface area (Å²) in [6.07, 6.45) is 0. The minimum atomic E-state index is -5.14. The fourth-order valence-electron chi connectivity index (χ4n) is 0. The van der Waals surface area contributed by atoms with Crippen LogP contribution in [0.3, 0.4) is 0 Å². The monoisotopic (exact) mass is 213 g/mol. The number of rotatable bonds is 1. The Hall–Kier alpha value is 0.549. The standard InChI is InChI=1S/C2H7NO.Fe.H3O4P/c3-1-2-4;;1-5(2,3)4/h4H,1-3H2;;(H3,1,2,3,4)/q;+2;/p-2. The Morgan fingerprint density at radius 1 is 1.50 bits per heavy atom. The van der Waals surface area contributed by atoms with Crippen molar-refractivity contribution >= 4 is 7.82 Å². The minimum absolute atomic E-state index is 0. The first kappa shape index (κ1) is 16.9. The van der Waals surface area contributed by atoms with Crippen molar-refractivity contribution in [2.45, 2.75) is 0 Å². The Balaban J connectivity index is -0.0000000910. The van der Waals surface area contributed by atoms with Crippen LogP contribution in [0.15, 0.2) is 0 Å². The van der Waals surface area contributed by atoms with Crippen molar-refractivity contribution in [3.8, 4) is 0 Å². The van der Waals surface area contributed by atoms with E-state index in [1.165, 1.54) is 0 Å². The smallest absolute Gasteiger partial charge is 0.790 e. The van der Waals surface area contributed by atoms with E-state index in [-0.39, 0.29) is 23.7 Å². The average Bonchev–Trinajstić information content (AvgIpc) is 1.61. The molecule has 0 aliphatic carbocycles. The number of aliphatic hydroxyl groups excluding tert-OH is 1. The van der Waals surface area contributed by atoms with Gasteiger partial charge in [0.2, 0.25) is 0 Å². The maximum Gasteiger partial charge on any atom is 2.00 e. The minimum Gasteiger partial charge on any atom is -0.790 e. The number of hydrogen-bond donors (Lipinski definition) is 3. The van der Waals surface area contributed by atoms with E-state index >= 15 is 0 Å². The molecule has 0 aliphatic heterocycles. The van der Waals surface area contributed by atoms with Gasteiger partial charge in [-0.2, -0.15) is 0 Å². The van der Waals surface area contributed by atoms with Gasteiger partial charge < -0.3 is 30.1 Å². The summed E-state index contributed by atoms with van der Waals surface area (Å²) in [6.45, 7) is 0.472. The van der Waals surface area contributed by atoms with Gasteiger partial charge in [0.1, 0.15) is 0 Å². The molecule has 10 heavy (non-hydrogen) atoms. The van der Waals surface area contributed by atoms with E-state index < -0.39 is 7.82 Å². The van der Waals surface area contributed by atoms with Gasteiger partial charge >= 0.3 is 17.1 Å². The first-order valence-corrected chi connectivity index (χ1v) is 3.47. The molecule has 0 aromatic rings. The molecule has 0 amide bonds. The van der Waals surface area contributed by atoms with Gasteiger partial charge in [-0.1, -0.05) is 0 Å². The van der Waals surface area contributed by atoms with E-state index in [0.29, 0.717) is 6.54 Å². The molecule has 0 heterocycles. The van der Waals surface area contributed by atoms with Gasteiger partial charge in [-0.05, 0) is 0 Å². The SMILES string of the molecule is NCCO.O=P([O-])([O-])O.[Fe+2]. The number of phosphoric acid groups is 1. The van der Waals surface area contributed by atoms with Crippen molar-refractivity contribution in [1.82, 2.24) is 0 Å². The third kappa shape index (κ3) is 203. The van der Waals surface area contributed by atoms with Gasteiger partial charge in [-0.3, -0.25) is 0 Å². The topological polar surface area (TPSA) is 130 Å². The largest absolute Gasteiger partial charge is 2.00 e. The summed E-state index contributed by atoms with van der Waals surface area (Å²) in [5.41, 5.74) is 4.78. The second-order valence-corrected chi connectivity index (χ2v) is 1.92. The summed E-state index contributed by atoms with van der Waals surface area (Å²) < 4.78 is 8.66. The molecule has 0 radical (unpaired) electrons. The quantitative estimate of drug-likeness (QED) is 0.309. The van der Waals surface area contributed by atoms with E-state index in [0.717, 1.165) is 0 Å². The molecule has 64 valence electrons. The summed E-state index contributed by atoms with van der Waals surface area (Å²) in [7, 11) is -5.14. The van der Waals surface area contributed by atoms with Crippen molar-refractivity contribution < 1.29 is 41.4 Å². The van der Waals surface area contributed by atoms with Crippen LogP contribution in [0.4, 0.5) is 0 Å². The van der Waals surface area contributed by atoms with E-state index in [1.54, 1.807) is 0 Å². The number of aliphatic hydroxyl groups is 1. The Morgan fingerprint density at radius 3 is 1.60 bits per heavy atom. The summed E-state index contributed by atoms with van der Waals surface area (Å²) in [4.78, 5) is 24.3. The second kappa shape index (κ2) is 9.55. The molecule has 0 fully saturated rings. The molecule has 0 rings (SSSR count). The van der Waals surface area contributed by atoms with Gasteiger partial charge in [0.05, 0.1) is 14.4 Å². The summed E-state index contributed by atoms with van der Waals surface area (Å²) >= 11 is 0. The molecule has 0 aromatic heterocycles. The Bertz CT molecular complexity index is 83.4. The number of hydrogen-bond acceptors (Lipinski definition) is 5. The van der Waals surface area contributed by atoms with Gasteiger partial charge in [0.15, 0.2) is 0 Å². The molecule has 0 saturated heterocycles. The van der Waals surface area contributed by atoms with Crippen LogP contribution in [0, 0.1) is 0 Å². The van der Waals surface area contributed by atoms with Crippen LogP contribution in [-0.2, 0) is 21.6 Å². The molecular formula is C2H8FeNO5P. The fourth-order valence-corrected chi connectivity index (χ4v) is 0. The van der Waals surface area contributed by atoms with Crippen molar-refractivity contribution in [2.75, 3.05) is 13.2 Å². The van der Waals surface area contributed by atoms with Gasteiger partial charge in [0, 0.05) is 6.54 Å². The predicted octanol–water partition coefficient (Wildman–Crippen LogP) is -3.26. The van der Waals surface area contributed by atoms with Crippen molar-refractivity contribution in [3.63, 3.8) is 0 Å². The molecule has 0 spiro atoms. The molecule has 4 N–H and O–H groups in total. The normalized spacial score (nSPS) is 8.90. The van der Waals surface area contributed by atoms with Gasteiger partial charge in [0.25, 0.3) is 0 Å². The number of nitrogens with two attached hydrogens (primary N) is 1. The fraction of sp³-hybridized carbons (Fsp3) is 1.00. The zero-order valence-corrected chi connectivity index (χ0v) is 6.91. The summed E-state index contributed by atoms with van der Waals surface area (Å²) in [6, 6.07) is 0. The molecule has 0 aromatic carbocycles. The van der Waals surface area contributed by atoms with Gasteiger partial charge in [-0.25, -0.2) is 0 Å². The van der Waals surface area contributed by atoms with E-state index in [9.17, 15) is 0 Å². The Morgan fingerprint density at radius 2 is 1.60 bits per heavy atom. The van der Waals surface area contributed by atoms with Crippen LogP contribution < -0.4 is 15.5 Å². The first-order valence-electron chi connectivity index (χ1n) is 1.97. The van der Waals surface area contributed by atoms with Crippen molar-refractivity contribution in [2.24, 2.45) is 5.73 Å². The van der Waals surface area contributed by atoms with Crippen LogP contribution in [0.5, 0.6) is 0 Å². The Kier molecular flexibility index (Phi) is 16.1. The zero-order valence-electron chi connectivity index (χ0n) is 4.91. The van der Waals surface area contributed by atoms with Crippen LogP contribution >= 0.6 is 7.82 Å². The van der Waals surface area contributed by atoms with Crippen LogP contribution in [0.1, 0.15) is 0 Å². The summed E-state index contributed by atoms with van der Waals surface area (Å²) in [5.74, 6) is 0. The van der Waals surface area contributed by atoms with Crippen molar-refractivity contribution in [1.29, 1.82) is 0 Å². The molecule has 6 nitrogen and oxygen atoms in total. The van der Waals surface area contributed by atoms with E-state index in [2.05, 4.69) is 0 Å². The molecule has 8 heteroatoms. The second-order valence-electron chi connectivity index (χ2n) is 0.981. The van der Waals surface area contributed by atoms with Crippen LogP contribution in [0.25, 0.3) is 0 Å². The summed E-state index contributed by atoms with van der Waals surface area (Å²) in [5, 5.41) is 7.75. The third-order valence-corrected chi connectivity index (χ3v) is 0.129. The maximum absolute atomic E-state index is 8.66. The van der Waals surface area contributed by atoms with Crippen LogP contribution in [0.2, 0.25) is 0 Å².